The second-order valence-electron chi connectivity index (χ2n) is 4.83. The lowest BCUT2D eigenvalue weighted by Crippen LogP contribution is -1.99. The first kappa shape index (κ1) is 10.6. The molecule has 2 aliphatic carbocycles. The van der Waals surface area contributed by atoms with Crippen LogP contribution in [-0.4, -0.2) is 0 Å². The fraction of sp³-hybridized carbons (Fsp3) is 0.294. The van der Waals surface area contributed by atoms with Gasteiger partial charge < -0.3 is 0 Å². The molecule has 0 bridgehead atoms. The first-order valence-corrected chi connectivity index (χ1v) is 6.56. The normalized spacial score (nSPS) is 22.8. The van der Waals surface area contributed by atoms with Crippen LogP contribution in [-0.2, 0) is 0 Å². The molecule has 0 saturated heterocycles. The van der Waals surface area contributed by atoms with Crippen molar-refractivity contribution in [3.05, 3.63) is 65.3 Å². The first-order valence-electron chi connectivity index (χ1n) is 6.56. The number of allylic oxidation sites excluding steroid dienone is 5. The maximum absolute atomic E-state index is 2.46. The topological polar surface area (TPSA) is 0 Å². The maximum atomic E-state index is 2.46. The molecule has 3 rings (SSSR count). The van der Waals surface area contributed by atoms with Gasteiger partial charge in [-0.25, -0.2) is 0 Å². The van der Waals surface area contributed by atoms with Crippen molar-refractivity contribution in [1.82, 2.24) is 0 Å². The minimum Gasteiger partial charge on any atom is -0.0882 e. The largest absolute Gasteiger partial charge is 0.0882 e. The zero-order chi connectivity index (χ0) is 11.5. The molecule has 0 heteroatoms. The average Bonchev–Trinajstić information content (AvgIpc) is 2.73. The van der Waals surface area contributed by atoms with Gasteiger partial charge in [0.2, 0.25) is 0 Å². The molecule has 0 N–H and O–H groups in total. The maximum Gasteiger partial charge on any atom is 0.0237 e. The van der Waals surface area contributed by atoms with Gasteiger partial charge in [-0.3, -0.25) is 0 Å². The van der Waals surface area contributed by atoms with Crippen molar-refractivity contribution in [3.8, 4) is 0 Å². The minimum atomic E-state index is 0.540. The van der Waals surface area contributed by atoms with E-state index >= 15 is 0 Å². The number of benzene rings is 1. The van der Waals surface area contributed by atoms with Crippen LogP contribution in [0.4, 0.5) is 0 Å². The predicted octanol–water partition coefficient (Wildman–Crippen LogP) is 4.85. The molecule has 1 aromatic rings. The molecule has 0 aromatic heterocycles. The average molecular weight is 222 g/mol. The molecule has 17 heavy (non-hydrogen) atoms. The Labute approximate surface area is 103 Å². The Balaban J connectivity index is 1.88. The lowest BCUT2D eigenvalue weighted by Gasteiger charge is -2.16. The quantitative estimate of drug-likeness (QED) is 0.596. The van der Waals surface area contributed by atoms with Crippen molar-refractivity contribution in [1.29, 1.82) is 0 Å². The Morgan fingerprint density at radius 1 is 0.941 bits per heavy atom. The van der Waals surface area contributed by atoms with Crippen molar-refractivity contribution in [3.63, 3.8) is 0 Å². The van der Waals surface area contributed by atoms with Gasteiger partial charge in [0, 0.05) is 5.92 Å². The minimum absolute atomic E-state index is 0.540. The zero-order valence-corrected chi connectivity index (χ0v) is 10.1. The summed E-state index contributed by atoms with van der Waals surface area (Å²) < 4.78 is 0. The van der Waals surface area contributed by atoms with E-state index in [4.69, 9.17) is 0 Å². The monoisotopic (exact) mass is 222 g/mol. The van der Waals surface area contributed by atoms with Gasteiger partial charge in [-0.2, -0.15) is 0 Å². The van der Waals surface area contributed by atoms with Gasteiger partial charge in [-0.15, -0.1) is 0 Å². The molecule has 0 saturated carbocycles. The predicted molar refractivity (Wildman–Crippen MR) is 73.9 cm³/mol. The smallest absolute Gasteiger partial charge is 0.0237 e. The molecule has 0 nitrogen and oxygen atoms in total. The fourth-order valence-corrected chi connectivity index (χ4v) is 2.81. The van der Waals surface area contributed by atoms with Crippen LogP contribution >= 0.6 is 0 Å². The van der Waals surface area contributed by atoms with Crippen LogP contribution in [0.3, 0.4) is 0 Å². The van der Waals surface area contributed by atoms with Crippen LogP contribution in [0.5, 0.6) is 0 Å². The lowest BCUT2D eigenvalue weighted by atomic mass is 9.88. The fourth-order valence-electron chi connectivity index (χ4n) is 2.81. The van der Waals surface area contributed by atoms with Crippen molar-refractivity contribution in [2.24, 2.45) is 0 Å². The zero-order valence-electron chi connectivity index (χ0n) is 10.1. The highest BCUT2D eigenvalue weighted by Gasteiger charge is 2.19. The van der Waals surface area contributed by atoms with Crippen molar-refractivity contribution in [2.45, 2.75) is 31.6 Å². The van der Waals surface area contributed by atoms with Crippen LogP contribution in [0.1, 0.15) is 42.7 Å². The molecular weight excluding hydrogens is 204 g/mol. The Bertz CT molecular complexity index is 489. The Hall–Kier alpha value is -1.56. The van der Waals surface area contributed by atoms with E-state index in [0.29, 0.717) is 5.92 Å². The van der Waals surface area contributed by atoms with Crippen LogP contribution in [0.15, 0.2) is 54.1 Å². The van der Waals surface area contributed by atoms with Crippen molar-refractivity contribution in [2.75, 3.05) is 0 Å². The van der Waals surface area contributed by atoms with Crippen LogP contribution in [0.25, 0.3) is 6.08 Å². The second-order valence-corrected chi connectivity index (χ2v) is 4.83. The van der Waals surface area contributed by atoms with E-state index < -0.39 is 0 Å². The number of hydrogen-bond donors (Lipinski definition) is 0. The van der Waals surface area contributed by atoms with E-state index in [2.05, 4.69) is 54.6 Å². The summed E-state index contributed by atoms with van der Waals surface area (Å²) in [5.41, 5.74) is 4.50. The highest BCUT2D eigenvalue weighted by atomic mass is 14.2. The summed E-state index contributed by atoms with van der Waals surface area (Å²) in [5.74, 6) is 0.540. The number of rotatable bonds is 1. The summed E-state index contributed by atoms with van der Waals surface area (Å²) >= 11 is 0. The molecule has 2 aliphatic rings. The Morgan fingerprint density at radius 3 is 2.82 bits per heavy atom. The van der Waals surface area contributed by atoms with Gasteiger partial charge in [0.25, 0.3) is 0 Å². The molecule has 0 spiro atoms. The van der Waals surface area contributed by atoms with E-state index in [1.54, 1.807) is 5.57 Å². The molecule has 1 unspecified atom stereocenters. The summed E-state index contributed by atoms with van der Waals surface area (Å²) in [4.78, 5) is 0. The molecule has 1 aromatic carbocycles. The summed E-state index contributed by atoms with van der Waals surface area (Å²) in [7, 11) is 0. The number of hydrogen-bond acceptors (Lipinski definition) is 0. The first-order chi connectivity index (χ1) is 8.45. The van der Waals surface area contributed by atoms with E-state index in [-0.39, 0.29) is 0 Å². The van der Waals surface area contributed by atoms with E-state index in [9.17, 15) is 0 Å². The molecule has 0 radical (unpaired) electrons. The third-order valence-corrected chi connectivity index (χ3v) is 3.70. The Kier molecular flexibility index (Phi) is 2.96. The van der Waals surface area contributed by atoms with Crippen molar-refractivity contribution < 1.29 is 0 Å². The highest BCUT2D eigenvalue weighted by Crippen LogP contribution is 2.37. The summed E-state index contributed by atoms with van der Waals surface area (Å²) in [6.07, 6.45) is 16.5. The van der Waals surface area contributed by atoms with E-state index in [0.717, 1.165) is 0 Å². The van der Waals surface area contributed by atoms with Gasteiger partial charge in [0.05, 0.1) is 0 Å². The summed E-state index contributed by atoms with van der Waals surface area (Å²) in [6.45, 7) is 0. The van der Waals surface area contributed by atoms with Crippen LogP contribution in [0, 0.1) is 0 Å². The molecule has 0 amide bonds. The molecule has 0 fully saturated rings. The lowest BCUT2D eigenvalue weighted by molar-refractivity contribution is 0.834. The van der Waals surface area contributed by atoms with Crippen LogP contribution < -0.4 is 0 Å². The SMILES string of the molecule is C1=CCCC(C2C=Cc3ccccc32)=CCC1. The molecule has 0 heterocycles. The molecule has 86 valence electrons. The van der Waals surface area contributed by atoms with Crippen LogP contribution in [0.2, 0.25) is 0 Å². The van der Waals surface area contributed by atoms with Gasteiger partial charge in [0.1, 0.15) is 0 Å². The highest BCUT2D eigenvalue weighted by molar-refractivity contribution is 5.64. The molecule has 1 atom stereocenters. The van der Waals surface area contributed by atoms with Gasteiger partial charge in [-0.05, 0) is 36.8 Å². The third-order valence-electron chi connectivity index (χ3n) is 3.70. The molecule has 0 aliphatic heterocycles. The van der Waals surface area contributed by atoms with E-state index in [1.807, 2.05) is 0 Å². The summed E-state index contributed by atoms with van der Waals surface area (Å²) in [5, 5.41) is 0. The Morgan fingerprint density at radius 2 is 1.82 bits per heavy atom. The van der Waals surface area contributed by atoms with Gasteiger partial charge in [0.15, 0.2) is 0 Å². The number of fused-ring (bicyclic) bond motifs is 1. The standard InChI is InChI=1S/C17H18/c1-2-4-8-14(9-5-3-1)17-13-12-15-10-6-7-11-16(15)17/h1-2,6-7,9-13,17H,3-5,8H2. The third kappa shape index (κ3) is 2.12. The summed E-state index contributed by atoms with van der Waals surface area (Å²) in [6, 6.07) is 8.77. The van der Waals surface area contributed by atoms with Crippen molar-refractivity contribution >= 4 is 6.08 Å². The van der Waals surface area contributed by atoms with E-state index in [1.165, 1.54) is 36.8 Å². The second kappa shape index (κ2) is 4.75. The van der Waals surface area contributed by atoms with Gasteiger partial charge >= 0.3 is 0 Å². The van der Waals surface area contributed by atoms with Gasteiger partial charge in [-0.1, -0.05) is 60.2 Å². The molecular formula is C17H18.